The first kappa shape index (κ1) is 9.70. The maximum atomic E-state index is 11.5. The highest BCUT2D eigenvalue weighted by Gasteiger charge is 2.35. The minimum Gasteiger partial charge on any atom is -0.474 e. The molecule has 2 rings (SSSR count). The third-order valence-electron chi connectivity index (χ3n) is 1.96. The van der Waals surface area contributed by atoms with Gasteiger partial charge in [0.1, 0.15) is 0 Å². The average Bonchev–Trinajstić information content (AvgIpc) is 2.07. The van der Waals surface area contributed by atoms with E-state index < -0.39 is 5.60 Å². The molecule has 0 unspecified atom stereocenters. The average molecular weight is 304 g/mol. The number of hydrogen-bond acceptors (Lipinski definition) is 3. The first-order chi connectivity index (χ1) is 6.49. The fraction of sp³-hybridized carbons (Fsp3) is 0.333. The SMILES string of the molecule is CC1(C)Oc2cc(I)cnc2NC1=O. The van der Waals surface area contributed by atoms with Crippen LogP contribution in [0.4, 0.5) is 5.82 Å². The molecule has 14 heavy (non-hydrogen) atoms. The minimum absolute atomic E-state index is 0.168. The molecule has 2 heterocycles. The number of nitrogens with zero attached hydrogens (tertiary/aromatic N) is 1. The molecule has 0 radical (unpaired) electrons. The summed E-state index contributed by atoms with van der Waals surface area (Å²) in [4.78, 5) is 15.6. The van der Waals surface area contributed by atoms with Gasteiger partial charge in [0.2, 0.25) is 0 Å². The fourth-order valence-electron chi connectivity index (χ4n) is 1.17. The van der Waals surface area contributed by atoms with Crippen LogP contribution in [0.5, 0.6) is 5.75 Å². The molecule has 0 bridgehead atoms. The second-order valence-corrected chi connectivity index (χ2v) is 4.81. The molecule has 74 valence electrons. The maximum absolute atomic E-state index is 11.5. The lowest BCUT2D eigenvalue weighted by atomic mass is 10.1. The molecule has 0 saturated carbocycles. The van der Waals surface area contributed by atoms with Crippen LogP contribution in [0.1, 0.15) is 13.8 Å². The smallest absolute Gasteiger partial charge is 0.269 e. The van der Waals surface area contributed by atoms with Crippen molar-refractivity contribution in [2.75, 3.05) is 5.32 Å². The highest BCUT2D eigenvalue weighted by atomic mass is 127. The van der Waals surface area contributed by atoms with Crippen molar-refractivity contribution in [1.82, 2.24) is 4.98 Å². The normalized spacial score (nSPS) is 18.1. The van der Waals surface area contributed by atoms with Crippen molar-refractivity contribution in [3.05, 3.63) is 15.8 Å². The van der Waals surface area contributed by atoms with Gasteiger partial charge in [-0.1, -0.05) is 0 Å². The molecule has 0 spiro atoms. The van der Waals surface area contributed by atoms with E-state index in [0.717, 1.165) is 3.57 Å². The summed E-state index contributed by atoms with van der Waals surface area (Å²) in [7, 11) is 0. The number of fused-ring (bicyclic) bond motifs is 1. The Hall–Kier alpha value is -0.850. The molecule has 1 aliphatic rings. The van der Waals surface area contributed by atoms with E-state index in [9.17, 15) is 4.79 Å². The third kappa shape index (κ3) is 1.56. The minimum atomic E-state index is -0.820. The van der Waals surface area contributed by atoms with E-state index in [-0.39, 0.29) is 5.91 Å². The van der Waals surface area contributed by atoms with E-state index in [1.807, 2.05) is 6.07 Å². The molecule has 5 heteroatoms. The molecule has 4 nitrogen and oxygen atoms in total. The predicted molar refractivity (Wildman–Crippen MR) is 60.3 cm³/mol. The number of carbonyl (C=O) groups excluding carboxylic acids is 1. The second kappa shape index (κ2) is 3.08. The standard InChI is InChI=1S/C9H9IN2O2/c1-9(2)8(13)12-7-6(14-9)3-5(10)4-11-7/h3-4H,1-2H3,(H,11,12,13). The largest absolute Gasteiger partial charge is 0.474 e. The van der Waals surface area contributed by atoms with Crippen molar-refractivity contribution in [3.8, 4) is 5.75 Å². The lowest BCUT2D eigenvalue weighted by Crippen LogP contribution is -2.46. The van der Waals surface area contributed by atoms with Crippen molar-refractivity contribution < 1.29 is 9.53 Å². The zero-order chi connectivity index (χ0) is 10.3. The fourth-order valence-corrected chi connectivity index (χ4v) is 1.59. The Balaban J connectivity index is 2.46. The lowest BCUT2D eigenvalue weighted by Gasteiger charge is -2.30. The van der Waals surface area contributed by atoms with Crippen molar-refractivity contribution >= 4 is 34.3 Å². The van der Waals surface area contributed by atoms with Crippen LogP contribution in [-0.4, -0.2) is 16.5 Å². The number of carbonyl (C=O) groups is 1. The van der Waals surface area contributed by atoms with Gasteiger partial charge in [0.15, 0.2) is 17.2 Å². The first-order valence-corrected chi connectivity index (χ1v) is 5.23. The molecule has 0 fully saturated rings. The van der Waals surface area contributed by atoms with Crippen molar-refractivity contribution in [1.29, 1.82) is 0 Å². The van der Waals surface area contributed by atoms with Crippen LogP contribution in [-0.2, 0) is 4.79 Å². The van der Waals surface area contributed by atoms with E-state index in [1.54, 1.807) is 20.0 Å². The maximum Gasteiger partial charge on any atom is 0.269 e. The van der Waals surface area contributed by atoms with Crippen LogP contribution in [0.3, 0.4) is 0 Å². The first-order valence-electron chi connectivity index (χ1n) is 4.15. The second-order valence-electron chi connectivity index (χ2n) is 3.57. The summed E-state index contributed by atoms with van der Waals surface area (Å²) >= 11 is 2.15. The van der Waals surface area contributed by atoms with E-state index >= 15 is 0 Å². The number of nitrogens with one attached hydrogen (secondary N) is 1. The van der Waals surface area contributed by atoms with Gasteiger partial charge in [-0.2, -0.15) is 0 Å². The molecule has 0 aliphatic carbocycles. The summed E-state index contributed by atoms with van der Waals surface area (Å²) in [5.41, 5.74) is -0.820. The van der Waals surface area contributed by atoms with Crippen LogP contribution < -0.4 is 10.1 Å². The Morgan fingerprint density at radius 2 is 2.29 bits per heavy atom. The number of halogens is 1. The quantitative estimate of drug-likeness (QED) is 0.744. The molecule has 1 aromatic heterocycles. The topological polar surface area (TPSA) is 51.2 Å². The Morgan fingerprint density at radius 3 is 3.00 bits per heavy atom. The van der Waals surface area contributed by atoms with Crippen LogP contribution >= 0.6 is 22.6 Å². The molecule has 0 saturated heterocycles. The monoisotopic (exact) mass is 304 g/mol. The van der Waals surface area contributed by atoms with Gasteiger partial charge in [-0.05, 0) is 42.5 Å². The number of anilines is 1. The van der Waals surface area contributed by atoms with Crippen molar-refractivity contribution in [2.45, 2.75) is 19.4 Å². The van der Waals surface area contributed by atoms with Crippen molar-refractivity contribution in [3.63, 3.8) is 0 Å². The van der Waals surface area contributed by atoms with Crippen LogP contribution in [0, 0.1) is 3.57 Å². The van der Waals surface area contributed by atoms with Gasteiger partial charge in [-0.15, -0.1) is 0 Å². The van der Waals surface area contributed by atoms with Gasteiger partial charge in [0.05, 0.1) is 0 Å². The van der Waals surface area contributed by atoms with E-state index in [1.165, 1.54) is 0 Å². The molecule has 0 aromatic carbocycles. The highest BCUT2D eigenvalue weighted by Crippen LogP contribution is 2.32. The molecular formula is C9H9IN2O2. The van der Waals surface area contributed by atoms with Gasteiger partial charge in [-0.25, -0.2) is 4.98 Å². The Kier molecular flexibility index (Phi) is 2.13. The summed E-state index contributed by atoms with van der Waals surface area (Å²) < 4.78 is 6.51. The highest BCUT2D eigenvalue weighted by molar-refractivity contribution is 14.1. The summed E-state index contributed by atoms with van der Waals surface area (Å²) in [5, 5.41) is 2.70. The van der Waals surface area contributed by atoms with Crippen LogP contribution in [0.2, 0.25) is 0 Å². The zero-order valence-electron chi connectivity index (χ0n) is 7.80. The summed E-state index contributed by atoms with van der Waals surface area (Å²) in [6.45, 7) is 3.45. The summed E-state index contributed by atoms with van der Waals surface area (Å²) in [6, 6.07) is 1.85. The van der Waals surface area contributed by atoms with Gasteiger partial charge in [-0.3, -0.25) is 4.79 Å². The predicted octanol–water partition coefficient (Wildman–Crippen LogP) is 1.80. The molecule has 1 amide bonds. The molecule has 1 N–H and O–H groups in total. The molecule has 1 aromatic rings. The molecule has 1 aliphatic heterocycles. The van der Waals surface area contributed by atoms with Gasteiger partial charge >= 0.3 is 0 Å². The van der Waals surface area contributed by atoms with Crippen LogP contribution in [0.15, 0.2) is 12.3 Å². The molecular weight excluding hydrogens is 295 g/mol. The number of amides is 1. The number of pyridine rings is 1. The van der Waals surface area contributed by atoms with E-state index in [4.69, 9.17) is 4.74 Å². The zero-order valence-corrected chi connectivity index (χ0v) is 9.95. The third-order valence-corrected chi connectivity index (χ3v) is 2.55. The lowest BCUT2D eigenvalue weighted by molar-refractivity contribution is -0.129. The summed E-state index contributed by atoms with van der Waals surface area (Å²) in [5.74, 6) is 0.954. The van der Waals surface area contributed by atoms with Gasteiger partial charge < -0.3 is 10.1 Å². The van der Waals surface area contributed by atoms with E-state index in [2.05, 4.69) is 32.9 Å². The van der Waals surface area contributed by atoms with Crippen LogP contribution in [0.25, 0.3) is 0 Å². The number of rotatable bonds is 0. The number of hydrogen-bond donors (Lipinski definition) is 1. The summed E-state index contributed by atoms with van der Waals surface area (Å²) in [6.07, 6.45) is 1.68. The van der Waals surface area contributed by atoms with Gasteiger partial charge in [0, 0.05) is 9.77 Å². The molecule has 0 atom stereocenters. The Bertz CT molecular complexity index is 404. The number of aromatic nitrogens is 1. The van der Waals surface area contributed by atoms with Gasteiger partial charge in [0.25, 0.3) is 5.91 Å². The van der Waals surface area contributed by atoms with Crippen molar-refractivity contribution in [2.24, 2.45) is 0 Å². The van der Waals surface area contributed by atoms with E-state index in [0.29, 0.717) is 11.6 Å². The number of ether oxygens (including phenoxy) is 1. The Labute approximate surface area is 95.2 Å². The Morgan fingerprint density at radius 1 is 1.57 bits per heavy atom.